The molecular formula is C32H34N4O12S2. The number of hydrogen-bond donors (Lipinski definition) is 6. The van der Waals surface area contributed by atoms with E-state index in [0.717, 1.165) is 22.3 Å². The van der Waals surface area contributed by atoms with E-state index < -0.39 is 79.3 Å². The number of carbonyl (C=O) groups excluding carboxylic acids is 5. The fourth-order valence-corrected chi connectivity index (χ4v) is 6.60. The van der Waals surface area contributed by atoms with Crippen molar-refractivity contribution < 1.29 is 54.7 Å². The summed E-state index contributed by atoms with van der Waals surface area (Å²) in [5.41, 5.74) is 4.20. The Morgan fingerprint density at radius 2 is 1.16 bits per heavy atom. The summed E-state index contributed by atoms with van der Waals surface area (Å²) in [5, 5.41) is 8.45. The van der Waals surface area contributed by atoms with Gasteiger partial charge in [0.2, 0.25) is 17.6 Å². The van der Waals surface area contributed by atoms with Crippen molar-refractivity contribution in [1.29, 1.82) is 0 Å². The number of fused-ring (bicyclic) bond motifs is 3. The lowest BCUT2D eigenvalue weighted by atomic mass is 9.98. The van der Waals surface area contributed by atoms with E-state index in [1.807, 2.05) is 59.2 Å². The summed E-state index contributed by atoms with van der Waals surface area (Å²) < 4.78 is 70.8. The van der Waals surface area contributed by atoms with Crippen LogP contribution in [0.15, 0.2) is 78.9 Å². The van der Waals surface area contributed by atoms with Crippen LogP contribution in [0.4, 0.5) is 4.79 Å². The van der Waals surface area contributed by atoms with Crippen molar-refractivity contribution in [2.24, 2.45) is 0 Å². The van der Waals surface area contributed by atoms with Crippen molar-refractivity contribution in [2.75, 3.05) is 31.2 Å². The van der Waals surface area contributed by atoms with E-state index in [-0.39, 0.29) is 26.1 Å². The molecule has 266 valence electrons. The van der Waals surface area contributed by atoms with Crippen molar-refractivity contribution >= 4 is 49.8 Å². The highest BCUT2D eigenvalue weighted by Crippen LogP contribution is 2.44. The molecule has 0 fully saturated rings. The lowest BCUT2D eigenvalue weighted by molar-refractivity contribution is -0.137. The fraction of sp³-hybridized carbons (Fsp3) is 0.281. The number of ether oxygens (including phenoxy) is 1. The van der Waals surface area contributed by atoms with E-state index in [9.17, 15) is 49.9 Å². The van der Waals surface area contributed by atoms with Crippen LogP contribution in [-0.4, -0.2) is 98.8 Å². The Kier molecular flexibility index (Phi) is 12.4. The second kappa shape index (κ2) is 16.5. The molecule has 0 bridgehead atoms. The number of Topliss-reactive ketones (excluding diaryl/α,β-unsaturated/α-hetero) is 1. The van der Waals surface area contributed by atoms with Gasteiger partial charge in [-0.05, 0) is 27.8 Å². The quantitative estimate of drug-likeness (QED) is 0.0657. The molecule has 16 nitrogen and oxygen atoms in total. The SMILES string of the molecule is O=C(N[C@@H](CS(=O)(=O)O)C(=O)N[C@@H](CS(=O)(=O)O)C(=O)NCCNC(=O)C(=O)Cc1ccccc1)OCC1c2ccccc2-c2ccccc21. The van der Waals surface area contributed by atoms with Gasteiger partial charge in [0.05, 0.1) is 0 Å². The molecule has 50 heavy (non-hydrogen) atoms. The molecule has 0 unspecified atom stereocenters. The third-order valence-corrected chi connectivity index (χ3v) is 9.02. The molecule has 0 saturated heterocycles. The Morgan fingerprint density at radius 1 is 0.660 bits per heavy atom. The highest BCUT2D eigenvalue weighted by Gasteiger charge is 2.34. The topological polar surface area (TPSA) is 251 Å². The van der Waals surface area contributed by atoms with Crippen LogP contribution in [0.2, 0.25) is 0 Å². The lowest BCUT2D eigenvalue weighted by Crippen LogP contribution is -2.57. The van der Waals surface area contributed by atoms with E-state index in [1.165, 1.54) is 0 Å². The average Bonchev–Trinajstić information content (AvgIpc) is 3.37. The minimum atomic E-state index is -4.94. The molecular weight excluding hydrogens is 697 g/mol. The standard InChI is InChI=1S/C32H34N4O12S2/c37-28(16-20-8-2-1-3-9-20)31(40)34-15-14-33-29(38)26(18-49(42,43)44)35-30(39)27(19-50(45,46)47)36-32(41)48-17-25-23-12-6-4-10-21(23)22-11-5-7-13-24(22)25/h1-13,25-27H,14-19H2,(H,33,38)(H,34,40)(H,35,39)(H,36,41)(H,42,43,44)(H,45,46,47)/t26-,27-/m0/s1. The highest BCUT2D eigenvalue weighted by atomic mass is 32.2. The van der Waals surface area contributed by atoms with Crippen molar-refractivity contribution in [1.82, 2.24) is 21.3 Å². The summed E-state index contributed by atoms with van der Waals surface area (Å²) in [5.74, 6) is -7.45. The minimum absolute atomic E-state index is 0.170. The summed E-state index contributed by atoms with van der Waals surface area (Å²) in [4.78, 5) is 62.9. The van der Waals surface area contributed by atoms with E-state index >= 15 is 0 Å². The molecule has 4 amide bonds. The van der Waals surface area contributed by atoms with E-state index in [2.05, 4.69) is 10.6 Å². The molecule has 18 heteroatoms. The van der Waals surface area contributed by atoms with Crippen LogP contribution < -0.4 is 21.3 Å². The Labute approximate surface area is 287 Å². The highest BCUT2D eigenvalue weighted by molar-refractivity contribution is 7.86. The zero-order valence-electron chi connectivity index (χ0n) is 26.3. The molecule has 3 aromatic carbocycles. The van der Waals surface area contributed by atoms with Crippen LogP contribution in [0.3, 0.4) is 0 Å². The van der Waals surface area contributed by atoms with E-state index in [0.29, 0.717) is 5.56 Å². The molecule has 1 aliphatic carbocycles. The number of rotatable bonds is 16. The number of amides is 4. The smallest absolute Gasteiger partial charge is 0.407 e. The van der Waals surface area contributed by atoms with Gasteiger partial charge in [-0.25, -0.2) is 4.79 Å². The maximum absolute atomic E-state index is 13.1. The Morgan fingerprint density at radius 3 is 1.72 bits per heavy atom. The maximum Gasteiger partial charge on any atom is 0.407 e. The maximum atomic E-state index is 13.1. The van der Waals surface area contributed by atoms with Crippen LogP contribution in [0, 0.1) is 0 Å². The first-order chi connectivity index (χ1) is 23.6. The molecule has 0 aliphatic heterocycles. The monoisotopic (exact) mass is 730 g/mol. The summed E-state index contributed by atoms with van der Waals surface area (Å²) >= 11 is 0. The van der Waals surface area contributed by atoms with Gasteiger partial charge < -0.3 is 26.0 Å². The lowest BCUT2D eigenvalue weighted by Gasteiger charge is -2.22. The van der Waals surface area contributed by atoms with Crippen molar-refractivity contribution in [3.8, 4) is 11.1 Å². The number of alkyl carbamates (subject to hydrolysis) is 1. The van der Waals surface area contributed by atoms with Gasteiger partial charge in [0.25, 0.3) is 26.1 Å². The van der Waals surface area contributed by atoms with Crippen LogP contribution in [-0.2, 0) is 50.6 Å². The van der Waals surface area contributed by atoms with Crippen molar-refractivity contribution in [3.63, 3.8) is 0 Å². The summed E-state index contributed by atoms with van der Waals surface area (Å²) in [6.07, 6.45) is -1.43. The third-order valence-electron chi connectivity index (χ3n) is 7.51. The van der Waals surface area contributed by atoms with Gasteiger partial charge in [0, 0.05) is 25.4 Å². The zero-order valence-corrected chi connectivity index (χ0v) is 27.9. The predicted molar refractivity (Wildman–Crippen MR) is 178 cm³/mol. The average molecular weight is 731 g/mol. The molecule has 0 saturated carbocycles. The number of carbonyl (C=O) groups is 5. The van der Waals surface area contributed by atoms with Crippen molar-refractivity contribution in [2.45, 2.75) is 24.4 Å². The first kappa shape index (κ1) is 37.6. The minimum Gasteiger partial charge on any atom is -0.449 e. The largest absolute Gasteiger partial charge is 0.449 e. The fourth-order valence-electron chi connectivity index (χ4n) is 5.29. The van der Waals surface area contributed by atoms with E-state index in [4.69, 9.17) is 4.74 Å². The first-order valence-corrected chi connectivity index (χ1v) is 18.3. The van der Waals surface area contributed by atoms with Gasteiger partial charge in [-0.15, -0.1) is 0 Å². The molecule has 2 atom stereocenters. The second-order valence-corrected chi connectivity index (χ2v) is 14.2. The molecule has 3 aromatic rings. The molecule has 6 N–H and O–H groups in total. The number of benzene rings is 3. The molecule has 0 radical (unpaired) electrons. The molecule has 4 rings (SSSR count). The molecule has 1 aliphatic rings. The number of ketones is 1. The zero-order chi connectivity index (χ0) is 36.5. The predicted octanol–water partition coefficient (Wildman–Crippen LogP) is 0.198. The van der Waals surface area contributed by atoms with Crippen LogP contribution in [0.5, 0.6) is 0 Å². The number of nitrogens with one attached hydrogen (secondary N) is 4. The normalized spacial score (nSPS) is 13.6. The summed E-state index contributed by atoms with van der Waals surface area (Å²) in [7, 11) is -9.86. The van der Waals surface area contributed by atoms with Gasteiger partial charge in [0.15, 0.2) is 0 Å². The van der Waals surface area contributed by atoms with Crippen LogP contribution >= 0.6 is 0 Å². The van der Waals surface area contributed by atoms with Gasteiger partial charge in [-0.1, -0.05) is 78.9 Å². The molecule has 0 aromatic heterocycles. The van der Waals surface area contributed by atoms with Gasteiger partial charge in [0.1, 0.15) is 30.2 Å². The first-order valence-electron chi connectivity index (χ1n) is 15.1. The Bertz CT molecular complexity index is 1930. The van der Waals surface area contributed by atoms with Crippen LogP contribution in [0.1, 0.15) is 22.6 Å². The van der Waals surface area contributed by atoms with Crippen LogP contribution in [0.25, 0.3) is 11.1 Å². The van der Waals surface area contributed by atoms with Crippen molar-refractivity contribution in [3.05, 3.63) is 95.6 Å². The summed E-state index contributed by atoms with van der Waals surface area (Å²) in [6.45, 7) is -0.859. The Balaban J connectivity index is 1.35. The molecule has 0 spiro atoms. The summed E-state index contributed by atoms with van der Waals surface area (Å²) in [6, 6.07) is 19.2. The Hall–Kier alpha value is -5.17. The van der Waals surface area contributed by atoms with Gasteiger partial charge >= 0.3 is 6.09 Å². The van der Waals surface area contributed by atoms with Gasteiger partial charge in [-0.2, -0.15) is 16.8 Å². The van der Waals surface area contributed by atoms with Gasteiger partial charge in [-0.3, -0.25) is 28.3 Å². The number of hydrogen-bond acceptors (Lipinski definition) is 10. The second-order valence-electron chi connectivity index (χ2n) is 11.2. The third kappa shape index (κ3) is 10.9. The molecule has 0 heterocycles. The van der Waals surface area contributed by atoms with E-state index in [1.54, 1.807) is 30.3 Å².